The summed E-state index contributed by atoms with van der Waals surface area (Å²) in [7, 11) is 1.56. The van der Waals surface area contributed by atoms with Crippen LogP contribution in [0.3, 0.4) is 0 Å². The van der Waals surface area contributed by atoms with Gasteiger partial charge in [0.25, 0.3) is 0 Å². The summed E-state index contributed by atoms with van der Waals surface area (Å²) in [6.07, 6.45) is 3.37. The van der Waals surface area contributed by atoms with Crippen LogP contribution >= 0.6 is 0 Å². The molecule has 0 saturated heterocycles. The molecular formula is C12H21N5O2. The molecule has 1 rings (SSSR count). The molecule has 106 valence electrons. The third-order valence-electron chi connectivity index (χ3n) is 2.78. The van der Waals surface area contributed by atoms with E-state index in [4.69, 9.17) is 5.73 Å². The molecule has 1 unspecified atom stereocenters. The fourth-order valence-corrected chi connectivity index (χ4v) is 1.40. The summed E-state index contributed by atoms with van der Waals surface area (Å²) in [6, 6.07) is -0.166. The molecule has 1 aromatic rings. The van der Waals surface area contributed by atoms with E-state index in [1.54, 1.807) is 13.2 Å². The number of anilines is 1. The SMILES string of the molecule is CNC(=O)Cn1cc(NC(=O)CC(N)C(C)C)cn1. The van der Waals surface area contributed by atoms with Crippen LogP contribution in [-0.4, -0.2) is 34.7 Å². The van der Waals surface area contributed by atoms with Gasteiger partial charge in [0.2, 0.25) is 11.8 Å². The molecule has 7 nitrogen and oxygen atoms in total. The van der Waals surface area contributed by atoms with Gasteiger partial charge in [0.15, 0.2) is 0 Å². The smallest absolute Gasteiger partial charge is 0.241 e. The first kappa shape index (κ1) is 15.2. The number of carbonyl (C=O) groups is 2. The van der Waals surface area contributed by atoms with Crippen molar-refractivity contribution in [2.75, 3.05) is 12.4 Å². The van der Waals surface area contributed by atoms with E-state index in [2.05, 4.69) is 15.7 Å². The van der Waals surface area contributed by atoms with Crippen molar-refractivity contribution in [1.82, 2.24) is 15.1 Å². The highest BCUT2D eigenvalue weighted by molar-refractivity contribution is 5.90. The van der Waals surface area contributed by atoms with Gasteiger partial charge < -0.3 is 16.4 Å². The Morgan fingerprint density at radius 1 is 1.42 bits per heavy atom. The van der Waals surface area contributed by atoms with Gasteiger partial charge in [0, 0.05) is 25.7 Å². The second-order valence-corrected chi connectivity index (χ2v) is 4.76. The number of nitrogens with two attached hydrogens (primary N) is 1. The molecule has 0 spiro atoms. The van der Waals surface area contributed by atoms with Gasteiger partial charge in [-0.25, -0.2) is 0 Å². The fourth-order valence-electron chi connectivity index (χ4n) is 1.40. The number of aromatic nitrogens is 2. The minimum absolute atomic E-state index is 0.123. The van der Waals surface area contributed by atoms with E-state index in [9.17, 15) is 9.59 Å². The highest BCUT2D eigenvalue weighted by Gasteiger charge is 2.13. The number of nitrogens with one attached hydrogen (secondary N) is 2. The van der Waals surface area contributed by atoms with Gasteiger partial charge in [0.1, 0.15) is 6.54 Å². The Labute approximate surface area is 112 Å². The number of amides is 2. The van der Waals surface area contributed by atoms with Gasteiger partial charge in [-0.2, -0.15) is 5.10 Å². The molecule has 0 radical (unpaired) electrons. The monoisotopic (exact) mass is 267 g/mol. The Bertz CT molecular complexity index is 441. The van der Waals surface area contributed by atoms with Gasteiger partial charge in [-0.15, -0.1) is 0 Å². The topological polar surface area (TPSA) is 102 Å². The summed E-state index contributed by atoms with van der Waals surface area (Å²) in [6.45, 7) is 4.07. The minimum Gasteiger partial charge on any atom is -0.358 e. The highest BCUT2D eigenvalue weighted by atomic mass is 16.2. The van der Waals surface area contributed by atoms with Gasteiger partial charge in [-0.05, 0) is 5.92 Å². The van der Waals surface area contributed by atoms with Crippen molar-refractivity contribution in [2.45, 2.75) is 32.9 Å². The van der Waals surface area contributed by atoms with Crippen molar-refractivity contribution >= 4 is 17.5 Å². The summed E-state index contributed by atoms with van der Waals surface area (Å²) < 4.78 is 1.46. The molecule has 0 aromatic carbocycles. The molecule has 1 heterocycles. The van der Waals surface area contributed by atoms with Crippen LogP contribution in [0.1, 0.15) is 20.3 Å². The van der Waals surface area contributed by atoms with Crippen molar-refractivity contribution in [1.29, 1.82) is 0 Å². The lowest BCUT2D eigenvalue weighted by atomic mass is 10.0. The minimum atomic E-state index is -0.166. The number of carbonyl (C=O) groups excluding carboxylic acids is 2. The molecule has 4 N–H and O–H groups in total. The molecule has 0 aliphatic rings. The molecule has 0 bridgehead atoms. The summed E-state index contributed by atoms with van der Waals surface area (Å²) in [5, 5.41) is 9.19. The van der Waals surface area contributed by atoms with Crippen LogP contribution in [0, 0.1) is 5.92 Å². The lowest BCUT2D eigenvalue weighted by molar-refractivity contribution is -0.121. The van der Waals surface area contributed by atoms with Crippen LogP contribution < -0.4 is 16.4 Å². The van der Waals surface area contributed by atoms with Crippen molar-refractivity contribution < 1.29 is 9.59 Å². The van der Waals surface area contributed by atoms with Crippen LogP contribution in [0.25, 0.3) is 0 Å². The van der Waals surface area contributed by atoms with Crippen molar-refractivity contribution in [3.05, 3.63) is 12.4 Å². The molecule has 19 heavy (non-hydrogen) atoms. The van der Waals surface area contributed by atoms with Crippen LogP contribution in [0.2, 0.25) is 0 Å². The zero-order valence-corrected chi connectivity index (χ0v) is 11.5. The summed E-state index contributed by atoms with van der Waals surface area (Å²) in [4.78, 5) is 22.9. The van der Waals surface area contributed by atoms with Crippen molar-refractivity contribution in [3.8, 4) is 0 Å². The lowest BCUT2D eigenvalue weighted by Gasteiger charge is -2.14. The normalized spacial score (nSPS) is 12.3. The second kappa shape index (κ2) is 6.89. The number of rotatable bonds is 6. The first-order valence-corrected chi connectivity index (χ1v) is 6.20. The molecule has 1 atom stereocenters. The van der Waals surface area contributed by atoms with Crippen LogP contribution in [-0.2, 0) is 16.1 Å². The molecule has 0 fully saturated rings. The number of hydrogen-bond donors (Lipinski definition) is 3. The highest BCUT2D eigenvalue weighted by Crippen LogP contribution is 2.08. The first-order valence-electron chi connectivity index (χ1n) is 6.20. The molecule has 1 aromatic heterocycles. The maximum Gasteiger partial charge on any atom is 0.241 e. The molecule has 0 saturated carbocycles. The van der Waals surface area contributed by atoms with E-state index >= 15 is 0 Å². The van der Waals surface area contributed by atoms with Crippen LogP contribution in [0.15, 0.2) is 12.4 Å². The van der Waals surface area contributed by atoms with Gasteiger partial charge in [-0.1, -0.05) is 13.8 Å². The zero-order valence-electron chi connectivity index (χ0n) is 11.5. The lowest BCUT2D eigenvalue weighted by Crippen LogP contribution is -2.31. The van der Waals surface area contributed by atoms with E-state index in [1.165, 1.54) is 10.9 Å². The Morgan fingerprint density at radius 2 is 2.11 bits per heavy atom. The maximum atomic E-state index is 11.7. The number of nitrogens with zero attached hydrogens (tertiary/aromatic N) is 2. The standard InChI is InChI=1S/C12H21N5O2/c1-8(2)10(13)4-11(18)16-9-5-15-17(6-9)7-12(19)14-3/h5-6,8,10H,4,7,13H2,1-3H3,(H,14,19)(H,16,18). The molecule has 0 aliphatic carbocycles. The average Bonchev–Trinajstić information content (AvgIpc) is 2.75. The number of likely N-dealkylation sites (N-methyl/N-ethyl adjacent to an activating group) is 1. The van der Waals surface area contributed by atoms with E-state index in [1.807, 2.05) is 13.8 Å². The predicted octanol–water partition coefficient (Wildman–Crippen LogP) is -0.0590. The summed E-state index contributed by atoms with van der Waals surface area (Å²) in [5.41, 5.74) is 6.39. The Morgan fingerprint density at radius 3 is 2.68 bits per heavy atom. The second-order valence-electron chi connectivity index (χ2n) is 4.76. The van der Waals surface area contributed by atoms with Gasteiger partial charge in [0.05, 0.1) is 11.9 Å². The predicted molar refractivity (Wildman–Crippen MR) is 72.4 cm³/mol. The quantitative estimate of drug-likeness (QED) is 0.672. The maximum absolute atomic E-state index is 11.7. The summed E-state index contributed by atoms with van der Waals surface area (Å²) >= 11 is 0. The molecule has 0 aliphatic heterocycles. The van der Waals surface area contributed by atoms with Crippen LogP contribution in [0.5, 0.6) is 0 Å². The van der Waals surface area contributed by atoms with Crippen molar-refractivity contribution in [3.63, 3.8) is 0 Å². The van der Waals surface area contributed by atoms with Crippen LogP contribution in [0.4, 0.5) is 5.69 Å². The largest absolute Gasteiger partial charge is 0.358 e. The third kappa shape index (κ3) is 5.09. The van der Waals surface area contributed by atoms with E-state index in [0.717, 1.165) is 0 Å². The Kier molecular flexibility index (Phi) is 5.50. The zero-order chi connectivity index (χ0) is 14.4. The van der Waals surface area contributed by atoms with Gasteiger partial charge in [-0.3, -0.25) is 14.3 Å². The summed E-state index contributed by atoms with van der Waals surface area (Å²) in [5.74, 6) is -0.0507. The van der Waals surface area contributed by atoms with Gasteiger partial charge >= 0.3 is 0 Å². The van der Waals surface area contributed by atoms with E-state index in [0.29, 0.717) is 5.69 Å². The molecular weight excluding hydrogens is 246 g/mol. The Balaban J connectivity index is 2.49. The first-order chi connectivity index (χ1) is 8.92. The molecule has 2 amide bonds. The Hall–Kier alpha value is -1.89. The number of hydrogen-bond acceptors (Lipinski definition) is 4. The van der Waals surface area contributed by atoms with Crippen molar-refractivity contribution in [2.24, 2.45) is 11.7 Å². The van der Waals surface area contributed by atoms with E-state index in [-0.39, 0.29) is 36.7 Å². The van der Waals surface area contributed by atoms with E-state index < -0.39 is 0 Å². The molecule has 7 heteroatoms. The third-order valence-corrected chi connectivity index (χ3v) is 2.78. The fraction of sp³-hybridized carbons (Fsp3) is 0.583. The average molecular weight is 267 g/mol.